The second-order valence-corrected chi connectivity index (χ2v) is 11.4. The van der Waals surface area contributed by atoms with Crippen LogP contribution in [-0.4, -0.2) is 44.3 Å². The van der Waals surface area contributed by atoms with Gasteiger partial charge in [0.25, 0.3) is 10.0 Å². The lowest BCUT2D eigenvalue weighted by molar-refractivity contribution is -0.140. The van der Waals surface area contributed by atoms with Crippen LogP contribution < -0.4 is 9.62 Å². The Morgan fingerprint density at radius 2 is 1.58 bits per heavy atom. The van der Waals surface area contributed by atoms with Crippen molar-refractivity contribution in [2.45, 2.75) is 44.7 Å². The van der Waals surface area contributed by atoms with Gasteiger partial charge in [-0.2, -0.15) is 0 Å². The summed E-state index contributed by atoms with van der Waals surface area (Å²) in [6, 6.07) is 19.0. The van der Waals surface area contributed by atoms with Crippen LogP contribution in [0.3, 0.4) is 0 Å². The summed E-state index contributed by atoms with van der Waals surface area (Å²) in [5, 5.41) is 3.45. The molecule has 0 spiro atoms. The zero-order chi connectivity index (χ0) is 27.9. The van der Waals surface area contributed by atoms with Crippen molar-refractivity contribution in [3.8, 4) is 0 Å². The molecule has 0 aliphatic heterocycles. The topological polar surface area (TPSA) is 86.8 Å². The van der Waals surface area contributed by atoms with Gasteiger partial charge in [-0.1, -0.05) is 72.1 Å². The first kappa shape index (κ1) is 29.5. The van der Waals surface area contributed by atoms with Crippen LogP contribution in [0.4, 0.5) is 5.69 Å². The molecule has 0 heterocycles. The van der Waals surface area contributed by atoms with Gasteiger partial charge in [0, 0.05) is 13.1 Å². The van der Waals surface area contributed by atoms with E-state index in [1.54, 1.807) is 74.5 Å². The van der Waals surface area contributed by atoms with E-state index < -0.39 is 28.5 Å². The van der Waals surface area contributed by atoms with Gasteiger partial charge in [-0.25, -0.2) is 8.42 Å². The van der Waals surface area contributed by atoms with E-state index >= 15 is 0 Å². The largest absolute Gasteiger partial charge is 0.355 e. The number of hydrogen-bond donors (Lipinski definition) is 1. The SMILES string of the molecule is CCNC(=O)[C@@H](CC)N(Cc1ccc(Cl)c(Cl)c1)C(=O)CN(c1ccccc1)S(=O)(=O)c1ccc(C)cc1. The highest BCUT2D eigenvalue weighted by atomic mass is 35.5. The molecular weight excluding hydrogens is 545 g/mol. The molecule has 10 heteroatoms. The number of carbonyl (C=O) groups is 2. The molecule has 3 rings (SSSR count). The van der Waals surface area contributed by atoms with Crippen molar-refractivity contribution in [1.29, 1.82) is 0 Å². The summed E-state index contributed by atoms with van der Waals surface area (Å²) >= 11 is 12.3. The maximum absolute atomic E-state index is 13.9. The van der Waals surface area contributed by atoms with E-state index in [0.717, 1.165) is 9.87 Å². The van der Waals surface area contributed by atoms with Crippen molar-refractivity contribution < 1.29 is 18.0 Å². The number of likely N-dealkylation sites (N-methyl/N-ethyl adjacent to an activating group) is 1. The Morgan fingerprint density at radius 3 is 2.16 bits per heavy atom. The molecule has 0 fully saturated rings. The summed E-state index contributed by atoms with van der Waals surface area (Å²) in [5.41, 5.74) is 1.90. The highest BCUT2D eigenvalue weighted by molar-refractivity contribution is 7.92. The van der Waals surface area contributed by atoms with E-state index in [1.807, 2.05) is 6.92 Å². The fraction of sp³-hybridized carbons (Fsp3) is 0.286. The standard InChI is InChI=1S/C28H31Cl2N3O4S/c1-4-26(28(35)31-5-2)32(18-21-13-16-24(29)25(30)17-21)27(34)19-33(22-9-7-6-8-10-22)38(36,37)23-14-11-20(3)12-15-23/h6-17,26H,4-5,18-19H2,1-3H3,(H,31,35)/t26-/m1/s1. The molecule has 0 aromatic heterocycles. The Morgan fingerprint density at radius 1 is 0.921 bits per heavy atom. The van der Waals surface area contributed by atoms with Crippen molar-refractivity contribution in [2.75, 3.05) is 17.4 Å². The molecule has 38 heavy (non-hydrogen) atoms. The third-order valence-corrected chi connectivity index (χ3v) is 8.53. The van der Waals surface area contributed by atoms with E-state index in [1.165, 1.54) is 17.0 Å². The van der Waals surface area contributed by atoms with Crippen LogP contribution in [-0.2, 0) is 26.2 Å². The Labute approximate surface area is 234 Å². The van der Waals surface area contributed by atoms with Crippen LogP contribution in [0, 0.1) is 6.92 Å². The van der Waals surface area contributed by atoms with Crippen molar-refractivity contribution in [1.82, 2.24) is 10.2 Å². The van der Waals surface area contributed by atoms with Crippen LogP contribution in [0.1, 0.15) is 31.4 Å². The second-order valence-electron chi connectivity index (χ2n) is 8.75. The molecular formula is C28H31Cl2N3O4S. The van der Waals surface area contributed by atoms with E-state index in [9.17, 15) is 18.0 Å². The predicted molar refractivity (Wildman–Crippen MR) is 152 cm³/mol. The lowest BCUT2D eigenvalue weighted by Crippen LogP contribution is -2.52. The van der Waals surface area contributed by atoms with Crippen LogP contribution in [0.25, 0.3) is 0 Å². The number of aryl methyl sites for hydroxylation is 1. The number of anilines is 1. The number of nitrogens with one attached hydrogen (secondary N) is 1. The number of halogens is 2. The molecule has 1 atom stereocenters. The number of carbonyl (C=O) groups excluding carboxylic acids is 2. The fourth-order valence-electron chi connectivity index (χ4n) is 4.01. The average Bonchev–Trinajstić information content (AvgIpc) is 2.90. The number of sulfonamides is 1. The van der Waals surface area contributed by atoms with Crippen molar-refractivity contribution >= 4 is 50.7 Å². The molecule has 0 radical (unpaired) electrons. The number of amides is 2. The Bertz CT molecular complexity index is 1370. The number of nitrogens with zero attached hydrogens (tertiary/aromatic N) is 2. The van der Waals surface area contributed by atoms with Gasteiger partial charge in [0.15, 0.2) is 0 Å². The third kappa shape index (κ3) is 7.07. The highest BCUT2D eigenvalue weighted by Crippen LogP contribution is 2.26. The Hall–Kier alpha value is -3.07. The summed E-state index contributed by atoms with van der Waals surface area (Å²) in [6.07, 6.45) is 0.328. The molecule has 0 bridgehead atoms. The van der Waals surface area contributed by atoms with Gasteiger partial charge in [-0.15, -0.1) is 0 Å². The van der Waals surface area contributed by atoms with Crippen LogP contribution in [0.5, 0.6) is 0 Å². The predicted octanol–water partition coefficient (Wildman–Crippen LogP) is 5.44. The van der Waals surface area contributed by atoms with E-state index in [0.29, 0.717) is 34.3 Å². The minimum atomic E-state index is -4.10. The summed E-state index contributed by atoms with van der Waals surface area (Å²) in [7, 11) is -4.10. The third-order valence-electron chi connectivity index (χ3n) is 6.01. The van der Waals surface area contributed by atoms with E-state index in [2.05, 4.69) is 5.32 Å². The van der Waals surface area contributed by atoms with Gasteiger partial charge in [0.1, 0.15) is 12.6 Å². The van der Waals surface area contributed by atoms with Gasteiger partial charge in [0.2, 0.25) is 11.8 Å². The van der Waals surface area contributed by atoms with Gasteiger partial charge in [-0.3, -0.25) is 13.9 Å². The average molecular weight is 577 g/mol. The fourth-order valence-corrected chi connectivity index (χ4v) is 5.74. The monoisotopic (exact) mass is 575 g/mol. The van der Waals surface area contributed by atoms with Crippen molar-refractivity contribution in [2.24, 2.45) is 0 Å². The van der Waals surface area contributed by atoms with Gasteiger partial charge < -0.3 is 10.2 Å². The first-order valence-corrected chi connectivity index (χ1v) is 14.4. The molecule has 3 aromatic rings. The molecule has 0 saturated heterocycles. The number of hydrogen-bond acceptors (Lipinski definition) is 4. The minimum Gasteiger partial charge on any atom is -0.355 e. The number of benzene rings is 3. The highest BCUT2D eigenvalue weighted by Gasteiger charge is 2.33. The molecule has 2 amide bonds. The maximum atomic E-state index is 13.9. The van der Waals surface area contributed by atoms with E-state index in [4.69, 9.17) is 23.2 Å². The molecule has 0 unspecified atom stereocenters. The number of para-hydroxylation sites is 1. The van der Waals surface area contributed by atoms with Crippen LogP contribution >= 0.6 is 23.2 Å². The Balaban J connectivity index is 2.04. The first-order chi connectivity index (χ1) is 18.1. The van der Waals surface area contributed by atoms with Gasteiger partial charge in [-0.05, 0) is 62.2 Å². The molecule has 202 valence electrons. The molecule has 0 aliphatic carbocycles. The zero-order valence-electron chi connectivity index (χ0n) is 21.5. The molecule has 0 saturated carbocycles. The Kier molecular flexibility index (Phi) is 10.2. The lowest BCUT2D eigenvalue weighted by Gasteiger charge is -2.33. The van der Waals surface area contributed by atoms with Gasteiger partial charge in [0.05, 0.1) is 20.6 Å². The minimum absolute atomic E-state index is 0.0403. The quantitative estimate of drug-likeness (QED) is 0.330. The van der Waals surface area contributed by atoms with Gasteiger partial charge >= 0.3 is 0 Å². The molecule has 1 N–H and O–H groups in total. The summed E-state index contributed by atoms with van der Waals surface area (Å²) in [4.78, 5) is 28.3. The van der Waals surface area contributed by atoms with E-state index in [-0.39, 0.29) is 17.3 Å². The summed E-state index contributed by atoms with van der Waals surface area (Å²) in [5.74, 6) is -0.857. The summed E-state index contributed by atoms with van der Waals surface area (Å²) in [6.45, 7) is 5.38. The second kappa shape index (κ2) is 13.1. The smallest absolute Gasteiger partial charge is 0.264 e. The number of rotatable bonds is 11. The van der Waals surface area contributed by atoms with Crippen LogP contribution in [0.2, 0.25) is 10.0 Å². The maximum Gasteiger partial charge on any atom is 0.264 e. The zero-order valence-corrected chi connectivity index (χ0v) is 23.9. The normalized spacial score (nSPS) is 12.0. The molecule has 7 nitrogen and oxygen atoms in total. The van der Waals surface area contributed by atoms with Crippen molar-refractivity contribution in [3.05, 3.63) is 94.0 Å². The van der Waals surface area contributed by atoms with Crippen LogP contribution in [0.15, 0.2) is 77.7 Å². The lowest BCUT2D eigenvalue weighted by atomic mass is 10.1. The molecule has 0 aliphatic rings. The summed E-state index contributed by atoms with van der Waals surface area (Å²) < 4.78 is 28.6. The van der Waals surface area contributed by atoms with Crippen molar-refractivity contribution in [3.63, 3.8) is 0 Å². The molecule has 3 aromatic carbocycles. The first-order valence-electron chi connectivity index (χ1n) is 12.2.